The van der Waals surface area contributed by atoms with Gasteiger partial charge in [0.1, 0.15) is 16.9 Å². The van der Waals surface area contributed by atoms with Crippen molar-refractivity contribution in [2.24, 2.45) is 0 Å². The Balaban J connectivity index is 1.44. The van der Waals surface area contributed by atoms with Crippen molar-refractivity contribution in [1.82, 2.24) is 13.6 Å². The lowest BCUT2D eigenvalue weighted by atomic mass is 10.1. The van der Waals surface area contributed by atoms with Crippen LogP contribution in [0.1, 0.15) is 10.4 Å². The standard InChI is InChI=1S/C17H15FN4OS/c18-13-2-4-14(5-3-13)21-7-9-22(10-8-21)17(23)12-1-6-15-16(11-12)20-24-19-15/h1-6,11H,7-10H2. The average Bonchev–Trinajstić information content (AvgIpc) is 3.09. The van der Waals surface area contributed by atoms with Gasteiger partial charge in [0.05, 0.1) is 11.7 Å². The topological polar surface area (TPSA) is 49.3 Å². The second-order valence-corrected chi connectivity index (χ2v) is 6.25. The van der Waals surface area contributed by atoms with Crippen LogP contribution >= 0.6 is 11.7 Å². The summed E-state index contributed by atoms with van der Waals surface area (Å²) in [6.45, 7) is 2.75. The number of piperazine rings is 1. The summed E-state index contributed by atoms with van der Waals surface area (Å²) in [6, 6.07) is 11.9. The zero-order chi connectivity index (χ0) is 16.5. The van der Waals surface area contributed by atoms with Gasteiger partial charge in [-0.15, -0.1) is 0 Å². The third-order valence-electron chi connectivity index (χ3n) is 4.26. The maximum absolute atomic E-state index is 13.0. The van der Waals surface area contributed by atoms with Crippen LogP contribution in [0.3, 0.4) is 0 Å². The molecule has 0 aliphatic carbocycles. The highest BCUT2D eigenvalue weighted by Crippen LogP contribution is 2.19. The summed E-state index contributed by atoms with van der Waals surface area (Å²) in [5.74, 6) is -0.219. The molecule has 0 N–H and O–H groups in total. The SMILES string of the molecule is O=C(c1ccc2nsnc2c1)N1CCN(c2ccc(F)cc2)CC1. The maximum Gasteiger partial charge on any atom is 0.254 e. The summed E-state index contributed by atoms with van der Waals surface area (Å²) in [5, 5.41) is 0. The Labute approximate surface area is 142 Å². The number of fused-ring (bicyclic) bond motifs is 1. The van der Waals surface area contributed by atoms with Crippen molar-refractivity contribution in [2.75, 3.05) is 31.1 Å². The van der Waals surface area contributed by atoms with Crippen LogP contribution in [0.2, 0.25) is 0 Å². The first-order chi connectivity index (χ1) is 11.7. The van der Waals surface area contributed by atoms with Gasteiger partial charge in [-0.1, -0.05) is 0 Å². The van der Waals surface area contributed by atoms with Gasteiger partial charge in [-0.25, -0.2) is 4.39 Å². The highest BCUT2D eigenvalue weighted by atomic mass is 32.1. The Morgan fingerprint density at radius 2 is 1.67 bits per heavy atom. The lowest BCUT2D eigenvalue weighted by Gasteiger charge is -2.36. The number of hydrogen-bond acceptors (Lipinski definition) is 5. The first-order valence-electron chi connectivity index (χ1n) is 7.73. The molecule has 1 fully saturated rings. The quantitative estimate of drug-likeness (QED) is 0.719. The van der Waals surface area contributed by atoms with Crippen LogP contribution in [-0.4, -0.2) is 45.7 Å². The van der Waals surface area contributed by atoms with Crippen LogP contribution < -0.4 is 4.90 Å². The zero-order valence-corrected chi connectivity index (χ0v) is 13.7. The van der Waals surface area contributed by atoms with Gasteiger partial charge < -0.3 is 9.80 Å². The molecule has 1 aliphatic heterocycles. The van der Waals surface area contributed by atoms with Gasteiger partial charge in [0.15, 0.2) is 0 Å². The average molecular weight is 342 g/mol. The molecule has 1 saturated heterocycles. The third kappa shape index (κ3) is 2.82. The molecule has 7 heteroatoms. The highest BCUT2D eigenvalue weighted by Gasteiger charge is 2.22. The number of nitrogens with zero attached hydrogens (tertiary/aromatic N) is 4. The van der Waals surface area contributed by atoms with Gasteiger partial charge in [0.2, 0.25) is 0 Å². The molecule has 2 heterocycles. The summed E-state index contributed by atoms with van der Waals surface area (Å²) in [4.78, 5) is 16.7. The van der Waals surface area contributed by atoms with Crippen molar-refractivity contribution in [3.8, 4) is 0 Å². The minimum Gasteiger partial charge on any atom is -0.368 e. The van der Waals surface area contributed by atoms with Crippen molar-refractivity contribution >= 4 is 34.4 Å². The number of halogens is 1. The lowest BCUT2D eigenvalue weighted by Crippen LogP contribution is -2.48. The number of carbonyl (C=O) groups excluding carboxylic acids is 1. The summed E-state index contributed by atoms with van der Waals surface area (Å²) in [6.07, 6.45) is 0. The minimum absolute atomic E-state index is 0.0173. The summed E-state index contributed by atoms with van der Waals surface area (Å²) < 4.78 is 21.4. The molecule has 1 aromatic heterocycles. The van der Waals surface area contributed by atoms with Crippen molar-refractivity contribution < 1.29 is 9.18 Å². The van der Waals surface area contributed by atoms with E-state index in [1.807, 2.05) is 11.0 Å². The molecule has 0 atom stereocenters. The predicted octanol–water partition coefficient (Wildman–Crippen LogP) is 2.79. The minimum atomic E-state index is -0.237. The Kier molecular flexibility index (Phi) is 3.86. The number of aromatic nitrogens is 2. The largest absolute Gasteiger partial charge is 0.368 e. The van der Waals surface area contributed by atoms with E-state index >= 15 is 0 Å². The fraction of sp³-hybridized carbons (Fsp3) is 0.235. The Hall–Kier alpha value is -2.54. The first kappa shape index (κ1) is 15.0. The van der Waals surface area contributed by atoms with Crippen LogP contribution in [0, 0.1) is 5.82 Å². The number of hydrogen-bond donors (Lipinski definition) is 0. The van der Waals surface area contributed by atoms with Gasteiger partial charge >= 0.3 is 0 Å². The fourth-order valence-corrected chi connectivity index (χ4v) is 3.43. The van der Waals surface area contributed by atoms with Crippen molar-refractivity contribution in [2.45, 2.75) is 0 Å². The third-order valence-corrected chi connectivity index (χ3v) is 4.82. The number of benzene rings is 2. The number of amides is 1. The smallest absolute Gasteiger partial charge is 0.254 e. The molecule has 0 unspecified atom stereocenters. The lowest BCUT2D eigenvalue weighted by molar-refractivity contribution is 0.0747. The Morgan fingerprint density at radius 1 is 0.958 bits per heavy atom. The molecule has 2 aromatic carbocycles. The van der Waals surface area contributed by atoms with E-state index < -0.39 is 0 Å². The Bertz CT molecular complexity index is 872. The van der Waals surface area contributed by atoms with Crippen molar-refractivity contribution in [1.29, 1.82) is 0 Å². The van der Waals surface area contributed by atoms with E-state index in [2.05, 4.69) is 13.6 Å². The normalized spacial score (nSPS) is 15.0. The summed E-state index contributed by atoms with van der Waals surface area (Å²) in [7, 11) is 0. The molecule has 0 radical (unpaired) electrons. The van der Waals surface area contributed by atoms with Crippen LogP contribution in [0.25, 0.3) is 11.0 Å². The highest BCUT2D eigenvalue weighted by molar-refractivity contribution is 7.00. The van der Waals surface area contributed by atoms with Crippen LogP contribution in [0.5, 0.6) is 0 Å². The molecule has 1 amide bonds. The first-order valence-corrected chi connectivity index (χ1v) is 8.46. The van der Waals surface area contributed by atoms with Gasteiger partial charge in [0, 0.05) is 37.4 Å². The van der Waals surface area contributed by atoms with E-state index in [0.717, 1.165) is 41.5 Å². The molecular weight excluding hydrogens is 327 g/mol. The molecule has 1 aliphatic rings. The van der Waals surface area contributed by atoms with Crippen LogP contribution in [0.15, 0.2) is 42.5 Å². The Morgan fingerprint density at radius 3 is 2.42 bits per heavy atom. The van der Waals surface area contributed by atoms with E-state index in [0.29, 0.717) is 18.7 Å². The molecule has 4 rings (SSSR count). The summed E-state index contributed by atoms with van der Waals surface area (Å²) in [5.41, 5.74) is 3.21. The molecule has 0 bridgehead atoms. The van der Waals surface area contributed by atoms with E-state index in [1.165, 1.54) is 12.1 Å². The molecule has 0 saturated carbocycles. The monoisotopic (exact) mass is 342 g/mol. The van der Waals surface area contributed by atoms with E-state index in [-0.39, 0.29) is 11.7 Å². The van der Waals surface area contributed by atoms with Crippen molar-refractivity contribution in [3.63, 3.8) is 0 Å². The number of anilines is 1. The zero-order valence-electron chi connectivity index (χ0n) is 12.9. The van der Waals surface area contributed by atoms with Crippen molar-refractivity contribution in [3.05, 3.63) is 53.8 Å². The molecule has 24 heavy (non-hydrogen) atoms. The van der Waals surface area contributed by atoms with Gasteiger partial charge in [-0.3, -0.25) is 4.79 Å². The second-order valence-electron chi connectivity index (χ2n) is 5.72. The van der Waals surface area contributed by atoms with Crippen LogP contribution in [-0.2, 0) is 0 Å². The van der Waals surface area contributed by atoms with E-state index in [4.69, 9.17) is 0 Å². The number of rotatable bonds is 2. The molecular formula is C17H15FN4OS. The van der Waals surface area contributed by atoms with Gasteiger partial charge in [-0.05, 0) is 42.5 Å². The second kappa shape index (κ2) is 6.16. The predicted molar refractivity (Wildman–Crippen MR) is 91.9 cm³/mol. The van der Waals surface area contributed by atoms with Crippen LogP contribution in [0.4, 0.5) is 10.1 Å². The molecule has 122 valence electrons. The van der Waals surface area contributed by atoms with Gasteiger partial charge in [0.25, 0.3) is 5.91 Å². The number of carbonyl (C=O) groups is 1. The molecule has 5 nitrogen and oxygen atoms in total. The van der Waals surface area contributed by atoms with E-state index in [1.54, 1.807) is 24.3 Å². The molecule has 0 spiro atoms. The fourth-order valence-electron chi connectivity index (χ4n) is 2.92. The molecule has 3 aromatic rings. The van der Waals surface area contributed by atoms with Gasteiger partial charge in [-0.2, -0.15) is 8.75 Å². The summed E-state index contributed by atoms with van der Waals surface area (Å²) >= 11 is 1.15. The van der Waals surface area contributed by atoms with E-state index in [9.17, 15) is 9.18 Å². The maximum atomic E-state index is 13.0.